The number of carboxylic acid groups (broad SMARTS) is 1. The van der Waals surface area contributed by atoms with E-state index >= 15 is 0 Å². The van der Waals surface area contributed by atoms with Crippen LogP contribution in [0.1, 0.15) is 42.2 Å². The van der Waals surface area contributed by atoms with Crippen LogP contribution < -0.4 is 19.5 Å². The minimum Gasteiger partial charge on any atom is -0.497 e. The quantitative estimate of drug-likeness (QED) is 0.649. The van der Waals surface area contributed by atoms with Gasteiger partial charge in [-0.3, -0.25) is 4.79 Å². The lowest BCUT2D eigenvalue weighted by Gasteiger charge is -2.17. The molecule has 0 aromatic heterocycles. The molecular formula is C21H25NO6. The molecule has 0 fully saturated rings. The number of carbonyl (C=O) groups is 2. The molecule has 1 amide bonds. The largest absolute Gasteiger partial charge is 0.497 e. The predicted molar refractivity (Wildman–Crippen MR) is 104 cm³/mol. The third-order valence-corrected chi connectivity index (χ3v) is 3.99. The molecule has 0 bridgehead atoms. The van der Waals surface area contributed by atoms with E-state index in [0.29, 0.717) is 29.4 Å². The number of rotatable bonds is 10. The fourth-order valence-electron chi connectivity index (χ4n) is 2.50. The second-order valence-corrected chi connectivity index (χ2v) is 6.16. The van der Waals surface area contributed by atoms with Crippen LogP contribution in [0, 0.1) is 0 Å². The molecule has 0 aliphatic carbocycles. The molecule has 28 heavy (non-hydrogen) atoms. The maximum absolute atomic E-state index is 12.7. The Kier molecular flexibility index (Phi) is 7.68. The first-order valence-electron chi connectivity index (χ1n) is 9.00. The highest BCUT2D eigenvalue weighted by Gasteiger charge is 2.17. The molecule has 0 aliphatic rings. The van der Waals surface area contributed by atoms with Gasteiger partial charge in [0.15, 0.2) is 6.61 Å². The van der Waals surface area contributed by atoms with Crippen LogP contribution in [-0.2, 0) is 4.79 Å². The summed E-state index contributed by atoms with van der Waals surface area (Å²) in [6.07, 6.45) is 0.824. The molecule has 0 radical (unpaired) electrons. The van der Waals surface area contributed by atoms with Crippen molar-refractivity contribution in [2.75, 3.05) is 20.3 Å². The molecule has 1 unspecified atom stereocenters. The number of methoxy groups -OCH3 is 1. The number of carboxylic acids is 1. The Labute approximate surface area is 164 Å². The summed E-state index contributed by atoms with van der Waals surface area (Å²) in [5.74, 6) is 0.254. The van der Waals surface area contributed by atoms with E-state index in [-0.39, 0.29) is 11.9 Å². The zero-order chi connectivity index (χ0) is 20.5. The van der Waals surface area contributed by atoms with Gasteiger partial charge in [-0.05, 0) is 43.2 Å². The summed E-state index contributed by atoms with van der Waals surface area (Å²) in [7, 11) is 1.56. The van der Waals surface area contributed by atoms with Gasteiger partial charge in [0.05, 0.1) is 25.3 Å². The molecule has 2 aromatic rings. The van der Waals surface area contributed by atoms with Crippen molar-refractivity contribution in [2.45, 2.75) is 26.3 Å². The fourth-order valence-corrected chi connectivity index (χ4v) is 2.50. The van der Waals surface area contributed by atoms with Gasteiger partial charge in [0.25, 0.3) is 5.91 Å². The Morgan fingerprint density at radius 3 is 2.36 bits per heavy atom. The molecule has 2 rings (SSSR count). The Balaban J connectivity index is 2.08. The molecule has 7 nitrogen and oxygen atoms in total. The van der Waals surface area contributed by atoms with E-state index in [0.717, 1.165) is 12.0 Å². The van der Waals surface area contributed by atoms with Crippen LogP contribution in [0.2, 0.25) is 0 Å². The van der Waals surface area contributed by atoms with Crippen LogP contribution >= 0.6 is 0 Å². The van der Waals surface area contributed by atoms with Gasteiger partial charge < -0.3 is 24.6 Å². The van der Waals surface area contributed by atoms with Gasteiger partial charge >= 0.3 is 5.97 Å². The number of hydrogen-bond donors (Lipinski definition) is 2. The number of aliphatic carboxylic acids is 1. The van der Waals surface area contributed by atoms with Crippen LogP contribution in [0.25, 0.3) is 0 Å². The van der Waals surface area contributed by atoms with Gasteiger partial charge in [-0.1, -0.05) is 19.1 Å². The SMILES string of the molecule is CCCOc1cc(OC)ccc1C(=O)NC(C)c1ccc(OCC(=O)O)cc1. The van der Waals surface area contributed by atoms with E-state index < -0.39 is 12.6 Å². The Morgan fingerprint density at radius 2 is 1.75 bits per heavy atom. The monoisotopic (exact) mass is 387 g/mol. The van der Waals surface area contributed by atoms with Gasteiger partial charge in [-0.2, -0.15) is 0 Å². The van der Waals surface area contributed by atoms with Gasteiger partial charge in [0, 0.05) is 6.07 Å². The lowest BCUT2D eigenvalue weighted by atomic mass is 10.1. The molecule has 7 heteroatoms. The fraction of sp³-hybridized carbons (Fsp3) is 0.333. The summed E-state index contributed by atoms with van der Waals surface area (Å²) in [5.41, 5.74) is 1.29. The lowest BCUT2D eigenvalue weighted by Crippen LogP contribution is -2.27. The van der Waals surface area contributed by atoms with Gasteiger partial charge in [-0.25, -0.2) is 4.79 Å². The summed E-state index contributed by atoms with van der Waals surface area (Å²) in [5, 5.41) is 11.6. The molecule has 0 saturated carbocycles. The standard InChI is InChI=1S/C21H25NO6/c1-4-11-27-19-12-17(26-3)9-10-18(19)21(25)22-14(2)15-5-7-16(8-6-15)28-13-20(23)24/h5-10,12,14H,4,11,13H2,1-3H3,(H,22,25)(H,23,24). The molecule has 0 aliphatic heterocycles. The van der Waals surface area contributed by atoms with Crippen LogP contribution in [0.5, 0.6) is 17.2 Å². The molecule has 2 aromatic carbocycles. The Bertz CT molecular complexity index is 803. The number of ether oxygens (including phenoxy) is 3. The average molecular weight is 387 g/mol. The number of carbonyl (C=O) groups excluding carboxylic acids is 1. The van der Waals surface area contributed by atoms with E-state index in [1.165, 1.54) is 0 Å². The second-order valence-electron chi connectivity index (χ2n) is 6.16. The zero-order valence-electron chi connectivity index (χ0n) is 16.2. The average Bonchev–Trinajstić information content (AvgIpc) is 2.70. The Hall–Kier alpha value is -3.22. The number of benzene rings is 2. The number of amides is 1. The van der Waals surface area contributed by atoms with Gasteiger partial charge in [0.2, 0.25) is 0 Å². The van der Waals surface area contributed by atoms with Gasteiger partial charge in [0.1, 0.15) is 17.2 Å². The smallest absolute Gasteiger partial charge is 0.341 e. The number of nitrogens with one attached hydrogen (secondary N) is 1. The highest BCUT2D eigenvalue weighted by molar-refractivity contribution is 5.97. The molecule has 0 spiro atoms. The van der Waals surface area contributed by atoms with Crippen molar-refractivity contribution in [3.63, 3.8) is 0 Å². The minimum atomic E-state index is -1.04. The molecule has 0 heterocycles. The van der Waals surface area contributed by atoms with Crippen molar-refractivity contribution in [3.05, 3.63) is 53.6 Å². The van der Waals surface area contributed by atoms with Crippen LogP contribution in [0.15, 0.2) is 42.5 Å². The van der Waals surface area contributed by atoms with Crippen molar-refractivity contribution < 1.29 is 28.9 Å². The van der Waals surface area contributed by atoms with Crippen molar-refractivity contribution in [2.24, 2.45) is 0 Å². The summed E-state index contributed by atoms with van der Waals surface area (Å²) in [6, 6.07) is 11.7. The highest BCUT2D eigenvalue weighted by atomic mass is 16.5. The number of hydrogen-bond acceptors (Lipinski definition) is 5. The summed E-state index contributed by atoms with van der Waals surface area (Å²) in [4.78, 5) is 23.3. The summed E-state index contributed by atoms with van der Waals surface area (Å²) < 4.78 is 16.0. The summed E-state index contributed by atoms with van der Waals surface area (Å²) >= 11 is 0. The predicted octanol–water partition coefficient (Wildman–Crippen LogP) is 3.44. The van der Waals surface area contributed by atoms with Crippen LogP contribution in [0.3, 0.4) is 0 Å². The first-order valence-corrected chi connectivity index (χ1v) is 9.00. The van der Waals surface area contributed by atoms with Crippen LogP contribution in [0.4, 0.5) is 0 Å². The van der Waals surface area contributed by atoms with Crippen molar-refractivity contribution in [1.29, 1.82) is 0 Å². The van der Waals surface area contributed by atoms with E-state index in [4.69, 9.17) is 19.3 Å². The summed E-state index contributed by atoms with van der Waals surface area (Å²) in [6.45, 7) is 3.96. The second kappa shape index (κ2) is 10.2. The maximum Gasteiger partial charge on any atom is 0.341 e. The van der Waals surface area contributed by atoms with Crippen LogP contribution in [-0.4, -0.2) is 37.3 Å². The Morgan fingerprint density at radius 1 is 1.07 bits per heavy atom. The molecule has 150 valence electrons. The highest BCUT2D eigenvalue weighted by Crippen LogP contribution is 2.26. The molecule has 0 saturated heterocycles. The first-order chi connectivity index (χ1) is 13.4. The topological polar surface area (TPSA) is 94.1 Å². The lowest BCUT2D eigenvalue weighted by molar-refractivity contribution is -0.139. The maximum atomic E-state index is 12.7. The minimum absolute atomic E-state index is 0.257. The third kappa shape index (κ3) is 5.90. The van der Waals surface area contributed by atoms with Gasteiger partial charge in [-0.15, -0.1) is 0 Å². The normalized spacial score (nSPS) is 11.4. The van der Waals surface area contributed by atoms with Crippen molar-refractivity contribution in [3.8, 4) is 17.2 Å². The molecule has 1 atom stereocenters. The molecular weight excluding hydrogens is 362 g/mol. The van der Waals surface area contributed by atoms with Crippen molar-refractivity contribution >= 4 is 11.9 Å². The van der Waals surface area contributed by atoms with E-state index in [1.807, 2.05) is 13.8 Å². The van der Waals surface area contributed by atoms with E-state index in [1.54, 1.807) is 49.6 Å². The third-order valence-electron chi connectivity index (χ3n) is 3.99. The molecule has 2 N–H and O–H groups in total. The first kappa shape index (κ1) is 21.1. The van der Waals surface area contributed by atoms with E-state index in [2.05, 4.69) is 5.32 Å². The van der Waals surface area contributed by atoms with Crippen molar-refractivity contribution in [1.82, 2.24) is 5.32 Å². The van der Waals surface area contributed by atoms with E-state index in [9.17, 15) is 9.59 Å². The zero-order valence-corrected chi connectivity index (χ0v) is 16.2.